The van der Waals surface area contributed by atoms with Crippen LogP contribution in [0.4, 0.5) is 0 Å². The van der Waals surface area contributed by atoms with E-state index >= 15 is 0 Å². The van der Waals surface area contributed by atoms with Crippen LogP contribution in [0.3, 0.4) is 0 Å². The van der Waals surface area contributed by atoms with E-state index in [0.717, 1.165) is 27.7 Å². The number of fused-ring (bicyclic) bond motifs is 1. The summed E-state index contributed by atoms with van der Waals surface area (Å²) < 4.78 is 1.78. The summed E-state index contributed by atoms with van der Waals surface area (Å²) in [6.45, 7) is 4.59. The van der Waals surface area contributed by atoms with Gasteiger partial charge in [0.1, 0.15) is 12.7 Å². The van der Waals surface area contributed by atoms with Gasteiger partial charge in [0.25, 0.3) is 5.91 Å². The number of rotatable bonds is 6. The molecule has 146 valence electrons. The van der Waals surface area contributed by atoms with Gasteiger partial charge < -0.3 is 5.32 Å². The number of amides is 1. The van der Waals surface area contributed by atoms with Gasteiger partial charge in [-0.3, -0.25) is 14.5 Å². The molecule has 1 N–H and O–H groups in total. The van der Waals surface area contributed by atoms with Crippen LogP contribution >= 0.6 is 0 Å². The van der Waals surface area contributed by atoms with Gasteiger partial charge in [-0.1, -0.05) is 42.0 Å². The number of benzene rings is 2. The molecule has 0 saturated carbocycles. The van der Waals surface area contributed by atoms with E-state index in [4.69, 9.17) is 0 Å². The molecule has 0 aliphatic heterocycles. The lowest BCUT2D eigenvalue weighted by molar-refractivity contribution is 0.0935. The van der Waals surface area contributed by atoms with Crippen LogP contribution in [0.1, 0.15) is 39.6 Å². The number of hydrogen-bond donors (Lipinski definition) is 1. The third-order valence-corrected chi connectivity index (χ3v) is 4.96. The maximum absolute atomic E-state index is 13.3. The largest absolute Gasteiger partial charge is 0.345 e. The fraction of sp³-hybridized carbons (Fsp3) is 0.217. The summed E-state index contributed by atoms with van der Waals surface area (Å²) >= 11 is 0. The minimum Gasteiger partial charge on any atom is -0.345 e. The van der Waals surface area contributed by atoms with Crippen molar-refractivity contribution in [1.82, 2.24) is 25.1 Å². The normalized spacial score (nSPS) is 12.1. The zero-order valence-corrected chi connectivity index (χ0v) is 16.5. The van der Waals surface area contributed by atoms with Crippen LogP contribution in [0, 0.1) is 13.8 Å². The van der Waals surface area contributed by atoms with E-state index in [1.807, 2.05) is 68.4 Å². The van der Waals surface area contributed by atoms with Crippen molar-refractivity contribution < 1.29 is 4.79 Å². The molecule has 0 unspecified atom stereocenters. The maximum atomic E-state index is 13.3. The Kier molecular flexibility index (Phi) is 5.33. The smallest absolute Gasteiger partial charge is 0.252 e. The Hall–Kier alpha value is -3.54. The van der Waals surface area contributed by atoms with Crippen molar-refractivity contribution in [1.29, 1.82) is 0 Å². The van der Waals surface area contributed by atoms with Gasteiger partial charge in [-0.05, 0) is 44.0 Å². The molecule has 1 atom stereocenters. The van der Waals surface area contributed by atoms with Gasteiger partial charge in [0.05, 0.1) is 17.1 Å². The highest BCUT2D eigenvalue weighted by molar-refractivity contribution is 6.06. The van der Waals surface area contributed by atoms with Gasteiger partial charge in [0.15, 0.2) is 0 Å². The van der Waals surface area contributed by atoms with Crippen LogP contribution in [-0.4, -0.2) is 25.7 Å². The third kappa shape index (κ3) is 4.32. The van der Waals surface area contributed by atoms with Crippen molar-refractivity contribution in [2.24, 2.45) is 0 Å². The van der Waals surface area contributed by atoms with E-state index in [-0.39, 0.29) is 11.9 Å². The summed E-state index contributed by atoms with van der Waals surface area (Å²) in [4.78, 5) is 21.9. The molecule has 4 aromatic rings. The SMILES string of the molecule is Cc1ccc2nc(C)cc(C(=O)N[C@H](CCn3cncn3)c3ccccc3)c2c1. The predicted octanol–water partition coefficient (Wildman–Crippen LogP) is 4.00. The molecule has 2 heterocycles. The summed E-state index contributed by atoms with van der Waals surface area (Å²) in [5, 5.41) is 8.26. The Morgan fingerprint density at radius 3 is 2.69 bits per heavy atom. The van der Waals surface area contributed by atoms with Crippen LogP contribution in [0.2, 0.25) is 0 Å². The Bertz CT molecular complexity index is 1120. The van der Waals surface area contributed by atoms with Gasteiger partial charge in [0, 0.05) is 17.6 Å². The first kappa shape index (κ1) is 18.8. The average molecular weight is 385 g/mol. The minimum atomic E-state index is -0.138. The number of pyridine rings is 1. The highest BCUT2D eigenvalue weighted by Crippen LogP contribution is 2.23. The lowest BCUT2D eigenvalue weighted by atomic mass is 10.0. The second-order valence-corrected chi connectivity index (χ2v) is 7.22. The molecule has 0 fully saturated rings. The number of nitrogens with one attached hydrogen (secondary N) is 1. The summed E-state index contributed by atoms with van der Waals surface area (Å²) in [6, 6.07) is 17.7. The van der Waals surface area contributed by atoms with Gasteiger partial charge in [0.2, 0.25) is 0 Å². The number of aromatic nitrogens is 4. The fourth-order valence-corrected chi connectivity index (χ4v) is 3.51. The third-order valence-electron chi connectivity index (χ3n) is 4.96. The second kappa shape index (κ2) is 8.22. The predicted molar refractivity (Wildman–Crippen MR) is 113 cm³/mol. The van der Waals surface area contributed by atoms with Crippen LogP contribution < -0.4 is 5.32 Å². The molecule has 6 nitrogen and oxygen atoms in total. The molecule has 0 saturated heterocycles. The minimum absolute atomic E-state index is 0.0986. The van der Waals surface area contributed by atoms with Crippen molar-refractivity contribution in [2.75, 3.05) is 0 Å². The first-order valence-electron chi connectivity index (χ1n) is 9.66. The van der Waals surface area contributed by atoms with Gasteiger partial charge >= 0.3 is 0 Å². The lowest BCUT2D eigenvalue weighted by Crippen LogP contribution is -2.29. The second-order valence-electron chi connectivity index (χ2n) is 7.22. The zero-order valence-electron chi connectivity index (χ0n) is 16.5. The molecule has 29 heavy (non-hydrogen) atoms. The monoisotopic (exact) mass is 385 g/mol. The topological polar surface area (TPSA) is 72.7 Å². The molecule has 2 aromatic carbocycles. The molecule has 2 aromatic heterocycles. The number of carbonyl (C=O) groups is 1. The first-order valence-corrected chi connectivity index (χ1v) is 9.66. The van der Waals surface area contributed by atoms with E-state index < -0.39 is 0 Å². The molecule has 0 aliphatic rings. The van der Waals surface area contributed by atoms with Gasteiger partial charge in [-0.15, -0.1) is 0 Å². The fourth-order valence-electron chi connectivity index (χ4n) is 3.51. The summed E-state index contributed by atoms with van der Waals surface area (Å²) in [6.07, 6.45) is 3.91. The molecular weight excluding hydrogens is 362 g/mol. The van der Waals surface area contributed by atoms with E-state index in [2.05, 4.69) is 20.4 Å². The molecule has 0 spiro atoms. The number of carbonyl (C=O) groups excluding carboxylic acids is 1. The van der Waals surface area contributed by atoms with E-state index in [9.17, 15) is 4.79 Å². The van der Waals surface area contributed by atoms with Gasteiger partial charge in [-0.2, -0.15) is 5.10 Å². The van der Waals surface area contributed by atoms with Crippen molar-refractivity contribution in [3.63, 3.8) is 0 Å². The number of hydrogen-bond acceptors (Lipinski definition) is 4. The zero-order chi connectivity index (χ0) is 20.2. The molecular formula is C23H23N5O. The Morgan fingerprint density at radius 1 is 1.10 bits per heavy atom. The Balaban J connectivity index is 1.64. The van der Waals surface area contributed by atoms with E-state index in [1.54, 1.807) is 11.0 Å². The van der Waals surface area contributed by atoms with Crippen molar-refractivity contribution in [3.05, 3.63) is 89.6 Å². The molecule has 0 bridgehead atoms. The summed E-state index contributed by atoms with van der Waals surface area (Å²) in [5.74, 6) is -0.0986. The number of aryl methyl sites for hydroxylation is 3. The van der Waals surface area contributed by atoms with Crippen LogP contribution in [0.5, 0.6) is 0 Å². The highest BCUT2D eigenvalue weighted by atomic mass is 16.1. The standard InChI is InChI=1S/C23H23N5O/c1-16-8-9-22-19(12-16)20(13-17(2)26-22)23(29)27-21(18-6-4-3-5-7-18)10-11-28-15-24-14-25-28/h3-9,12-15,21H,10-11H2,1-2H3,(H,27,29)/t21-/m1/s1. The van der Waals surface area contributed by atoms with Crippen LogP contribution in [0.15, 0.2) is 67.3 Å². The summed E-state index contributed by atoms with van der Waals surface area (Å²) in [5.41, 5.74) is 4.47. The number of nitrogens with zero attached hydrogens (tertiary/aromatic N) is 4. The molecule has 4 rings (SSSR count). The maximum Gasteiger partial charge on any atom is 0.252 e. The highest BCUT2D eigenvalue weighted by Gasteiger charge is 2.18. The lowest BCUT2D eigenvalue weighted by Gasteiger charge is -2.20. The van der Waals surface area contributed by atoms with Crippen LogP contribution in [-0.2, 0) is 6.54 Å². The quantitative estimate of drug-likeness (QED) is 0.544. The van der Waals surface area contributed by atoms with Crippen molar-refractivity contribution in [2.45, 2.75) is 32.9 Å². The molecule has 6 heteroatoms. The van der Waals surface area contributed by atoms with E-state index in [0.29, 0.717) is 18.5 Å². The van der Waals surface area contributed by atoms with Crippen molar-refractivity contribution >= 4 is 16.8 Å². The Labute approximate surface area is 169 Å². The Morgan fingerprint density at radius 2 is 1.93 bits per heavy atom. The van der Waals surface area contributed by atoms with Gasteiger partial charge in [-0.25, -0.2) is 4.98 Å². The molecule has 1 amide bonds. The molecule has 0 radical (unpaired) electrons. The van der Waals surface area contributed by atoms with Crippen molar-refractivity contribution in [3.8, 4) is 0 Å². The summed E-state index contributed by atoms with van der Waals surface area (Å²) in [7, 11) is 0. The average Bonchev–Trinajstić information content (AvgIpc) is 3.25. The van der Waals surface area contributed by atoms with E-state index in [1.165, 1.54) is 6.33 Å². The first-order chi connectivity index (χ1) is 14.1. The van der Waals surface area contributed by atoms with Crippen LogP contribution in [0.25, 0.3) is 10.9 Å². The molecule has 0 aliphatic carbocycles.